The number of rotatable bonds is 5. The molecule has 1 amide bonds. The van der Waals surface area contributed by atoms with Crippen molar-refractivity contribution in [1.82, 2.24) is 9.88 Å². The van der Waals surface area contributed by atoms with Gasteiger partial charge in [-0.25, -0.2) is 0 Å². The number of hydrogen-bond donors (Lipinski definition) is 2. The molecule has 0 radical (unpaired) electrons. The number of aromatic nitrogens is 1. The largest absolute Gasteiger partial charge is 0.481 e. The molecule has 0 aliphatic heterocycles. The van der Waals surface area contributed by atoms with Gasteiger partial charge in [0.05, 0.1) is 11.5 Å². The fourth-order valence-electron chi connectivity index (χ4n) is 1.49. The van der Waals surface area contributed by atoms with E-state index in [0.29, 0.717) is 12.1 Å². The third-order valence-electron chi connectivity index (χ3n) is 2.62. The van der Waals surface area contributed by atoms with Gasteiger partial charge < -0.3 is 15.0 Å². The number of carboxylic acids is 1. The number of carboxylic acid groups (broad SMARTS) is 1. The Balaban J connectivity index is 2.82. The highest BCUT2D eigenvalue weighted by atomic mass is 16.4. The Labute approximate surface area is 104 Å². The van der Waals surface area contributed by atoms with Gasteiger partial charge in [0.1, 0.15) is 0 Å². The van der Waals surface area contributed by atoms with Crippen molar-refractivity contribution in [2.24, 2.45) is 5.92 Å². The lowest BCUT2D eigenvalue weighted by Gasteiger charge is -2.22. The number of aliphatic carboxylic acids is 1. The summed E-state index contributed by atoms with van der Waals surface area (Å²) in [6.45, 7) is 3.88. The highest BCUT2D eigenvalue weighted by Crippen LogP contribution is 2.06. The second kappa shape index (κ2) is 6.00. The minimum absolute atomic E-state index is 0.143. The first-order valence-corrected chi connectivity index (χ1v) is 5.66. The van der Waals surface area contributed by atoms with Gasteiger partial charge in [-0.3, -0.25) is 14.4 Å². The Bertz CT molecular complexity index is 475. The summed E-state index contributed by atoms with van der Waals surface area (Å²) in [4.78, 5) is 37.6. The molecule has 0 fully saturated rings. The van der Waals surface area contributed by atoms with E-state index < -0.39 is 11.9 Å². The van der Waals surface area contributed by atoms with Crippen molar-refractivity contribution in [3.05, 3.63) is 34.2 Å². The van der Waals surface area contributed by atoms with Crippen molar-refractivity contribution in [3.63, 3.8) is 0 Å². The number of aromatic amines is 1. The molecule has 0 spiro atoms. The first kappa shape index (κ1) is 14.0. The second-order valence-corrected chi connectivity index (χ2v) is 4.02. The Morgan fingerprint density at radius 2 is 2.11 bits per heavy atom. The summed E-state index contributed by atoms with van der Waals surface area (Å²) >= 11 is 0. The van der Waals surface area contributed by atoms with E-state index in [-0.39, 0.29) is 18.0 Å². The highest BCUT2D eigenvalue weighted by molar-refractivity contribution is 5.94. The van der Waals surface area contributed by atoms with Crippen LogP contribution in [-0.4, -0.2) is 40.0 Å². The molecule has 0 aromatic carbocycles. The zero-order valence-electron chi connectivity index (χ0n) is 10.3. The number of carbonyl (C=O) groups excluding carboxylic acids is 1. The molecule has 1 atom stereocenters. The number of hydrogen-bond acceptors (Lipinski definition) is 3. The first-order chi connectivity index (χ1) is 8.45. The minimum atomic E-state index is -0.942. The fourth-order valence-corrected chi connectivity index (χ4v) is 1.49. The average molecular weight is 252 g/mol. The smallest absolute Gasteiger partial charge is 0.308 e. The number of H-pyrrole nitrogens is 1. The van der Waals surface area contributed by atoms with Crippen LogP contribution in [0.15, 0.2) is 23.1 Å². The SMILES string of the molecule is CCN(CC(C)C(=O)O)C(=O)c1ccc(=O)[nH]c1. The van der Waals surface area contributed by atoms with Gasteiger partial charge >= 0.3 is 5.97 Å². The zero-order chi connectivity index (χ0) is 13.7. The number of amides is 1. The van der Waals surface area contributed by atoms with Crippen LogP contribution in [0.3, 0.4) is 0 Å². The lowest BCUT2D eigenvalue weighted by Crippen LogP contribution is -2.37. The number of nitrogens with zero attached hydrogens (tertiary/aromatic N) is 1. The lowest BCUT2D eigenvalue weighted by molar-refractivity contribution is -0.141. The Hall–Kier alpha value is -2.11. The highest BCUT2D eigenvalue weighted by Gasteiger charge is 2.20. The normalized spacial score (nSPS) is 11.9. The van der Waals surface area contributed by atoms with Gasteiger partial charge in [-0.05, 0) is 13.0 Å². The molecule has 0 bridgehead atoms. The second-order valence-electron chi connectivity index (χ2n) is 4.02. The van der Waals surface area contributed by atoms with Crippen LogP contribution >= 0.6 is 0 Å². The van der Waals surface area contributed by atoms with Crippen molar-refractivity contribution < 1.29 is 14.7 Å². The number of carbonyl (C=O) groups is 2. The van der Waals surface area contributed by atoms with Gasteiger partial charge in [0.2, 0.25) is 5.56 Å². The summed E-state index contributed by atoms with van der Waals surface area (Å²) in [5.74, 6) is -1.86. The molecular weight excluding hydrogens is 236 g/mol. The molecule has 2 N–H and O–H groups in total. The molecule has 6 nitrogen and oxygen atoms in total. The van der Waals surface area contributed by atoms with Crippen LogP contribution in [0, 0.1) is 5.92 Å². The van der Waals surface area contributed by atoms with Crippen LogP contribution in [0.5, 0.6) is 0 Å². The van der Waals surface area contributed by atoms with E-state index in [1.807, 2.05) is 0 Å². The summed E-state index contributed by atoms with van der Waals surface area (Å²) in [6, 6.07) is 2.69. The molecule has 0 aliphatic carbocycles. The molecule has 1 unspecified atom stereocenters. The van der Waals surface area contributed by atoms with Crippen LogP contribution in [0.2, 0.25) is 0 Å². The van der Waals surface area contributed by atoms with Crippen molar-refractivity contribution >= 4 is 11.9 Å². The van der Waals surface area contributed by atoms with Gasteiger partial charge in [-0.2, -0.15) is 0 Å². The monoisotopic (exact) mass is 252 g/mol. The molecule has 1 heterocycles. The van der Waals surface area contributed by atoms with Crippen LogP contribution in [0.4, 0.5) is 0 Å². The molecule has 1 rings (SSSR count). The van der Waals surface area contributed by atoms with E-state index in [2.05, 4.69) is 4.98 Å². The van der Waals surface area contributed by atoms with E-state index in [0.717, 1.165) is 0 Å². The predicted molar refractivity (Wildman–Crippen MR) is 65.4 cm³/mol. The summed E-state index contributed by atoms with van der Waals surface area (Å²) in [6.07, 6.45) is 1.33. The summed E-state index contributed by atoms with van der Waals surface area (Å²) in [7, 11) is 0. The van der Waals surface area contributed by atoms with E-state index in [4.69, 9.17) is 5.11 Å². The van der Waals surface area contributed by atoms with Gasteiger partial charge in [0.25, 0.3) is 5.91 Å². The molecule has 0 saturated carbocycles. The van der Waals surface area contributed by atoms with Crippen molar-refractivity contribution in [3.8, 4) is 0 Å². The van der Waals surface area contributed by atoms with Crippen LogP contribution in [0.1, 0.15) is 24.2 Å². The summed E-state index contributed by atoms with van der Waals surface area (Å²) < 4.78 is 0. The van der Waals surface area contributed by atoms with Crippen LogP contribution < -0.4 is 5.56 Å². The summed E-state index contributed by atoms with van der Waals surface area (Å²) in [5.41, 5.74) is 0.0579. The maximum Gasteiger partial charge on any atom is 0.308 e. The van der Waals surface area contributed by atoms with Gasteiger partial charge in [-0.1, -0.05) is 6.92 Å². The molecule has 6 heteroatoms. The van der Waals surface area contributed by atoms with Gasteiger partial charge in [-0.15, -0.1) is 0 Å². The molecule has 1 aromatic heterocycles. The van der Waals surface area contributed by atoms with Gasteiger partial charge in [0.15, 0.2) is 0 Å². The topological polar surface area (TPSA) is 90.5 Å². The Morgan fingerprint density at radius 3 is 2.56 bits per heavy atom. The average Bonchev–Trinajstić information content (AvgIpc) is 2.35. The molecule has 18 heavy (non-hydrogen) atoms. The maximum absolute atomic E-state index is 12.1. The number of pyridine rings is 1. The standard InChI is InChI=1S/C12H16N2O4/c1-3-14(7-8(2)12(17)18)11(16)9-4-5-10(15)13-6-9/h4-6,8H,3,7H2,1-2H3,(H,13,15)(H,17,18). The van der Waals surface area contributed by atoms with Crippen molar-refractivity contribution in [1.29, 1.82) is 0 Å². The van der Waals surface area contributed by atoms with E-state index >= 15 is 0 Å². The summed E-state index contributed by atoms with van der Waals surface area (Å²) in [5, 5.41) is 8.83. The fraction of sp³-hybridized carbons (Fsp3) is 0.417. The first-order valence-electron chi connectivity index (χ1n) is 5.66. The molecule has 0 aliphatic rings. The Morgan fingerprint density at radius 1 is 1.44 bits per heavy atom. The minimum Gasteiger partial charge on any atom is -0.481 e. The molecule has 98 valence electrons. The van der Waals surface area contributed by atoms with Crippen LogP contribution in [-0.2, 0) is 4.79 Å². The van der Waals surface area contributed by atoms with Gasteiger partial charge in [0, 0.05) is 25.4 Å². The van der Waals surface area contributed by atoms with E-state index in [1.165, 1.54) is 23.2 Å². The lowest BCUT2D eigenvalue weighted by atomic mass is 10.1. The third-order valence-corrected chi connectivity index (χ3v) is 2.62. The quantitative estimate of drug-likeness (QED) is 0.801. The molecule has 0 saturated heterocycles. The zero-order valence-corrected chi connectivity index (χ0v) is 10.3. The molecule has 1 aromatic rings. The van der Waals surface area contributed by atoms with Crippen molar-refractivity contribution in [2.45, 2.75) is 13.8 Å². The number of nitrogens with one attached hydrogen (secondary N) is 1. The Kier molecular flexibility index (Phi) is 4.65. The maximum atomic E-state index is 12.1. The van der Waals surface area contributed by atoms with Crippen molar-refractivity contribution in [2.75, 3.05) is 13.1 Å². The van der Waals surface area contributed by atoms with E-state index in [9.17, 15) is 14.4 Å². The molecular formula is C12H16N2O4. The van der Waals surface area contributed by atoms with E-state index in [1.54, 1.807) is 13.8 Å². The van der Waals surface area contributed by atoms with Crippen LogP contribution in [0.25, 0.3) is 0 Å². The third kappa shape index (κ3) is 3.44. The predicted octanol–water partition coefficient (Wildman–Crippen LogP) is 0.558.